The van der Waals surface area contributed by atoms with Crippen molar-refractivity contribution >= 4 is 5.96 Å². The molecule has 0 saturated heterocycles. The maximum atomic E-state index is 5.24. The Morgan fingerprint density at radius 3 is 2.73 bits per heavy atom. The molecule has 0 spiro atoms. The highest BCUT2D eigenvalue weighted by Gasteiger charge is 2.01. The Bertz CT molecular complexity index is 336. The van der Waals surface area contributed by atoms with Gasteiger partial charge in [0.2, 0.25) is 0 Å². The number of guanidine groups is 1. The molecule has 0 aliphatic carbocycles. The van der Waals surface area contributed by atoms with Gasteiger partial charge in [0, 0.05) is 26.2 Å². The van der Waals surface area contributed by atoms with Gasteiger partial charge in [-0.25, -0.2) is 0 Å². The van der Waals surface area contributed by atoms with E-state index >= 15 is 0 Å². The molecule has 15 heavy (non-hydrogen) atoms. The summed E-state index contributed by atoms with van der Waals surface area (Å²) in [5, 5.41) is 6.13. The summed E-state index contributed by atoms with van der Waals surface area (Å²) in [6, 6.07) is 7.91. The van der Waals surface area contributed by atoms with Gasteiger partial charge in [0.05, 0.1) is 7.11 Å². The Hall–Kier alpha value is -1.71. The topological polar surface area (TPSA) is 45.7 Å². The molecule has 0 atom stereocenters. The Balaban J connectivity index is 2.64. The molecule has 1 rings (SSSR count). The fraction of sp³-hybridized carbons (Fsp3) is 0.364. The van der Waals surface area contributed by atoms with Crippen LogP contribution < -0.4 is 15.4 Å². The molecule has 0 unspecified atom stereocenters. The first-order valence-corrected chi connectivity index (χ1v) is 4.82. The first-order chi connectivity index (χ1) is 7.31. The van der Waals surface area contributed by atoms with Crippen LogP contribution in [0.3, 0.4) is 0 Å². The van der Waals surface area contributed by atoms with E-state index in [2.05, 4.69) is 15.6 Å². The number of benzene rings is 1. The SMILES string of the molecule is CN=C(NC)NCc1ccccc1OC. The van der Waals surface area contributed by atoms with E-state index in [0.717, 1.165) is 17.3 Å². The molecule has 0 aliphatic heterocycles. The molecule has 0 aliphatic rings. The van der Waals surface area contributed by atoms with Crippen LogP contribution in [0.2, 0.25) is 0 Å². The zero-order chi connectivity index (χ0) is 11.1. The molecule has 1 aromatic carbocycles. The normalized spacial score (nSPS) is 11.0. The minimum atomic E-state index is 0.692. The van der Waals surface area contributed by atoms with Crippen LogP contribution in [0.5, 0.6) is 5.75 Å². The highest BCUT2D eigenvalue weighted by molar-refractivity contribution is 5.79. The van der Waals surface area contributed by atoms with Gasteiger partial charge in [-0.1, -0.05) is 18.2 Å². The van der Waals surface area contributed by atoms with Gasteiger partial charge in [-0.15, -0.1) is 0 Å². The van der Waals surface area contributed by atoms with Crippen LogP contribution >= 0.6 is 0 Å². The Morgan fingerprint density at radius 1 is 1.40 bits per heavy atom. The molecular formula is C11H17N3O. The second kappa shape index (κ2) is 5.90. The highest BCUT2D eigenvalue weighted by atomic mass is 16.5. The van der Waals surface area contributed by atoms with Crippen molar-refractivity contribution < 1.29 is 4.74 Å². The van der Waals surface area contributed by atoms with Crippen molar-refractivity contribution in [2.45, 2.75) is 6.54 Å². The van der Waals surface area contributed by atoms with Crippen LogP contribution in [0.15, 0.2) is 29.3 Å². The van der Waals surface area contributed by atoms with Crippen LogP contribution in [0, 0.1) is 0 Å². The van der Waals surface area contributed by atoms with E-state index in [0.29, 0.717) is 6.54 Å². The summed E-state index contributed by atoms with van der Waals surface area (Å²) in [6.45, 7) is 0.692. The number of ether oxygens (including phenoxy) is 1. The van der Waals surface area contributed by atoms with Crippen LogP contribution in [0.1, 0.15) is 5.56 Å². The molecule has 0 aromatic heterocycles. The van der Waals surface area contributed by atoms with Crippen molar-refractivity contribution in [1.82, 2.24) is 10.6 Å². The van der Waals surface area contributed by atoms with E-state index < -0.39 is 0 Å². The molecule has 2 N–H and O–H groups in total. The van der Waals surface area contributed by atoms with Gasteiger partial charge in [0.25, 0.3) is 0 Å². The lowest BCUT2D eigenvalue weighted by Gasteiger charge is -2.11. The van der Waals surface area contributed by atoms with E-state index in [1.807, 2.05) is 31.3 Å². The summed E-state index contributed by atoms with van der Waals surface area (Å²) in [5.41, 5.74) is 1.11. The molecule has 1 aromatic rings. The molecular weight excluding hydrogens is 190 g/mol. The second-order valence-corrected chi connectivity index (χ2v) is 2.99. The lowest BCUT2D eigenvalue weighted by molar-refractivity contribution is 0.409. The minimum absolute atomic E-state index is 0.692. The monoisotopic (exact) mass is 207 g/mol. The lowest BCUT2D eigenvalue weighted by atomic mass is 10.2. The first kappa shape index (κ1) is 11.4. The number of methoxy groups -OCH3 is 1. The van der Waals surface area contributed by atoms with Gasteiger partial charge in [-0.2, -0.15) is 0 Å². The molecule has 0 saturated carbocycles. The molecule has 0 fully saturated rings. The summed E-state index contributed by atoms with van der Waals surface area (Å²) >= 11 is 0. The van der Waals surface area contributed by atoms with Gasteiger partial charge in [-0.3, -0.25) is 4.99 Å². The fourth-order valence-corrected chi connectivity index (χ4v) is 1.31. The molecule has 0 heterocycles. The zero-order valence-corrected chi connectivity index (χ0v) is 9.37. The third-order valence-corrected chi connectivity index (χ3v) is 2.10. The van der Waals surface area contributed by atoms with Crippen LogP contribution in [0.4, 0.5) is 0 Å². The molecule has 82 valence electrons. The zero-order valence-electron chi connectivity index (χ0n) is 9.37. The summed E-state index contributed by atoms with van der Waals surface area (Å²) in [6.07, 6.45) is 0. The highest BCUT2D eigenvalue weighted by Crippen LogP contribution is 2.16. The van der Waals surface area contributed by atoms with Crippen molar-refractivity contribution in [1.29, 1.82) is 0 Å². The van der Waals surface area contributed by atoms with Crippen molar-refractivity contribution in [2.75, 3.05) is 21.2 Å². The van der Waals surface area contributed by atoms with Gasteiger partial charge in [-0.05, 0) is 6.07 Å². The number of hydrogen-bond donors (Lipinski definition) is 2. The number of nitrogens with zero attached hydrogens (tertiary/aromatic N) is 1. The summed E-state index contributed by atoms with van der Waals surface area (Å²) in [7, 11) is 5.24. The van der Waals surface area contributed by atoms with Crippen LogP contribution in [0.25, 0.3) is 0 Å². The summed E-state index contributed by atoms with van der Waals surface area (Å²) < 4.78 is 5.24. The third-order valence-electron chi connectivity index (χ3n) is 2.10. The predicted molar refractivity (Wildman–Crippen MR) is 62.3 cm³/mol. The minimum Gasteiger partial charge on any atom is -0.496 e. The van der Waals surface area contributed by atoms with Gasteiger partial charge < -0.3 is 15.4 Å². The number of aliphatic imine (C=N–C) groups is 1. The molecule has 4 heteroatoms. The van der Waals surface area contributed by atoms with E-state index in [-0.39, 0.29) is 0 Å². The number of nitrogens with one attached hydrogen (secondary N) is 2. The van der Waals surface area contributed by atoms with Crippen molar-refractivity contribution in [2.24, 2.45) is 4.99 Å². The summed E-state index contributed by atoms with van der Waals surface area (Å²) in [4.78, 5) is 4.03. The third kappa shape index (κ3) is 3.16. The Morgan fingerprint density at radius 2 is 2.13 bits per heavy atom. The maximum Gasteiger partial charge on any atom is 0.190 e. The van der Waals surface area contributed by atoms with Crippen LogP contribution in [-0.2, 0) is 6.54 Å². The molecule has 4 nitrogen and oxygen atoms in total. The van der Waals surface area contributed by atoms with E-state index in [9.17, 15) is 0 Å². The van der Waals surface area contributed by atoms with Crippen molar-refractivity contribution in [3.63, 3.8) is 0 Å². The maximum absolute atomic E-state index is 5.24. The van der Waals surface area contributed by atoms with Gasteiger partial charge >= 0.3 is 0 Å². The molecule has 0 amide bonds. The average molecular weight is 207 g/mol. The number of rotatable bonds is 3. The Labute approximate surface area is 90.4 Å². The average Bonchev–Trinajstić information content (AvgIpc) is 2.31. The largest absolute Gasteiger partial charge is 0.496 e. The van der Waals surface area contributed by atoms with Crippen molar-refractivity contribution in [3.05, 3.63) is 29.8 Å². The van der Waals surface area contributed by atoms with Gasteiger partial charge in [0.1, 0.15) is 5.75 Å². The van der Waals surface area contributed by atoms with Crippen LogP contribution in [-0.4, -0.2) is 27.2 Å². The second-order valence-electron chi connectivity index (χ2n) is 2.99. The summed E-state index contributed by atoms with van der Waals surface area (Å²) in [5.74, 6) is 1.65. The molecule has 0 bridgehead atoms. The van der Waals surface area contributed by atoms with E-state index in [4.69, 9.17) is 4.74 Å². The number of para-hydroxylation sites is 1. The van der Waals surface area contributed by atoms with E-state index in [1.54, 1.807) is 14.2 Å². The lowest BCUT2D eigenvalue weighted by Crippen LogP contribution is -2.34. The predicted octanol–water partition coefficient (Wildman–Crippen LogP) is 0.990. The quantitative estimate of drug-likeness (QED) is 0.574. The fourth-order valence-electron chi connectivity index (χ4n) is 1.31. The number of hydrogen-bond acceptors (Lipinski definition) is 2. The van der Waals surface area contributed by atoms with Gasteiger partial charge in [0.15, 0.2) is 5.96 Å². The Kier molecular flexibility index (Phi) is 4.47. The standard InChI is InChI=1S/C11H17N3O/c1-12-11(13-2)14-8-9-6-4-5-7-10(9)15-3/h4-7H,8H2,1-3H3,(H2,12,13,14). The smallest absolute Gasteiger partial charge is 0.190 e. The van der Waals surface area contributed by atoms with Crippen molar-refractivity contribution in [3.8, 4) is 5.75 Å². The van der Waals surface area contributed by atoms with E-state index in [1.165, 1.54) is 0 Å². The first-order valence-electron chi connectivity index (χ1n) is 4.82. The molecule has 0 radical (unpaired) electrons.